The lowest BCUT2D eigenvalue weighted by Gasteiger charge is -2.15. The quantitative estimate of drug-likeness (QED) is 0.924. The van der Waals surface area contributed by atoms with E-state index in [1.807, 2.05) is 39.0 Å². The third-order valence-electron chi connectivity index (χ3n) is 2.94. The number of hydrogen-bond acceptors (Lipinski definition) is 3. The molecule has 0 unspecified atom stereocenters. The van der Waals surface area contributed by atoms with Crippen molar-refractivity contribution in [2.24, 2.45) is 5.73 Å². The van der Waals surface area contributed by atoms with Crippen molar-refractivity contribution in [3.63, 3.8) is 0 Å². The van der Waals surface area contributed by atoms with Gasteiger partial charge in [-0.15, -0.1) is 0 Å². The Morgan fingerprint density at radius 2 is 1.79 bits per heavy atom. The molecule has 0 saturated heterocycles. The Bertz CT molecular complexity index is 588. The minimum absolute atomic E-state index is 0.397. The van der Waals surface area contributed by atoms with Crippen molar-refractivity contribution in [3.8, 4) is 11.5 Å². The van der Waals surface area contributed by atoms with Crippen LogP contribution in [0.2, 0.25) is 5.02 Å². The number of nitrogens with zero attached hydrogens (tertiary/aromatic N) is 1. The van der Waals surface area contributed by atoms with Crippen LogP contribution in [-0.2, 0) is 6.54 Å². The van der Waals surface area contributed by atoms with Crippen LogP contribution in [0.5, 0.6) is 11.5 Å². The van der Waals surface area contributed by atoms with Gasteiger partial charge < -0.3 is 10.5 Å². The maximum atomic E-state index is 6.02. The summed E-state index contributed by atoms with van der Waals surface area (Å²) in [5.41, 5.74) is 9.51. The monoisotopic (exact) mass is 276 g/mol. The van der Waals surface area contributed by atoms with E-state index in [9.17, 15) is 0 Å². The van der Waals surface area contributed by atoms with E-state index in [1.54, 1.807) is 6.20 Å². The van der Waals surface area contributed by atoms with Crippen LogP contribution in [0.3, 0.4) is 0 Å². The molecule has 0 aliphatic heterocycles. The molecular formula is C15H17ClN2O. The average Bonchev–Trinajstić information content (AvgIpc) is 2.34. The number of benzene rings is 1. The van der Waals surface area contributed by atoms with E-state index in [1.165, 1.54) is 0 Å². The fourth-order valence-corrected chi connectivity index (χ4v) is 2.31. The van der Waals surface area contributed by atoms with Gasteiger partial charge in [0.05, 0.1) is 0 Å². The molecule has 0 bridgehead atoms. The molecule has 4 heteroatoms. The van der Waals surface area contributed by atoms with Crippen molar-refractivity contribution in [2.75, 3.05) is 0 Å². The number of halogens is 1. The molecule has 0 fully saturated rings. The number of nitrogens with two attached hydrogens (primary N) is 1. The zero-order valence-corrected chi connectivity index (χ0v) is 12.1. The van der Waals surface area contributed by atoms with Gasteiger partial charge >= 0.3 is 0 Å². The molecule has 19 heavy (non-hydrogen) atoms. The van der Waals surface area contributed by atoms with E-state index in [0.29, 0.717) is 11.6 Å². The normalized spacial score (nSPS) is 10.6. The van der Waals surface area contributed by atoms with Gasteiger partial charge in [-0.2, -0.15) is 0 Å². The summed E-state index contributed by atoms with van der Waals surface area (Å²) in [5.74, 6) is 1.58. The molecule has 1 heterocycles. The Hall–Kier alpha value is -1.58. The first-order valence-electron chi connectivity index (χ1n) is 6.11. The molecule has 2 aromatic rings. The molecule has 0 aliphatic carbocycles. The molecule has 0 atom stereocenters. The largest absolute Gasteiger partial charge is 0.456 e. The molecule has 0 aliphatic rings. The summed E-state index contributed by atoms with van der Waals surface area (Å²) in [7, 11) is 0. The molecule has 0 saturated carbocycles. The Morgan fingerprint density at radius 1 is 1.16 bits per heavy atom. The third-order valence-corrected chi connectivity index (χ3v) is 3.16. The highest BCUT2D eigenvalue weighted by atomic mass is 35.5. The average molecular weight is 277 g/mol. The summed E-state index contributed by atoms with van der Waals surface area (Å²) >= 11 is 6.02. The molecule has 100 valence electrons. The second-order valence-electron chi connectivity index (χ2n) is 4.61. The molecule has 0 spiro atoms. The second kappa shape index (κ2) is 5.59. The minimum Gasteiger partial charge on any atom is -0.456 e. The summed E-state index contributed by atoms with van der Waals surface area (Å²) in [5, 5.41) is 0.715. The van der Waals surface area contributed by atoms with Crippen molar-refractivity contribution >= 4 is 11.6 Å². The highest BCUT2D eigenvalue weighted by molar-refractivity contribution is 6.30. The Balaban J connectivity index is 2.44. The molecule has 3 nitrogen and oxygen atoms in total. The van der Waals surface area contributed by atoms with Crippen LogP contribution in [0.25, 0.3) is 0 Å². The van der Waals surface area contributed by atoms with Crippen LogP contribution in [0.4, 0.5) is 0 Å². The van der Waals surface area contributed by atoms with E-state index in [4.69, 9.17) is 22.1 Å². The molecule has 2 N–H and O–H groups in total. The SMILES string of the molecule is Cc1cc(Oc2c(C)cc(Cl)cc2C)c(CN)cn1. The number of rotatable bonds is 3. The number of aromatic nitrogens is 1. The van der Waals surface area contributed by atoms with Crippen LogP contribution in [0.1, 0.15) is 22.4 Å². The minimum atomic E-state index is 0.397. The van der Waals surface area contributed by atoms with Crippen molar-refractivity contribution in [1.29, 1.82) is 0 Å². The Labute approximate surface area is 118 Å². The topological polar surface area (TPSA) is 48.1 Å². The first-order chi connectivity index (χ1) is 9.01. The van der Waals surface area contributed by atoms with Crippen LogP contribution in [0, 0.1) is 20.8 Å². The highest BCUT2D eigenvalue weighted by Crippen LogP contribution is 2.32. The predicted molar refractivity (Wildman–Crippen MR) is 77.9 cm³/mol. The number of hydrogen-bond donors (Lipinski definition) is 1. The van der Waals surface area contributed by atoms with Gasteiger partial charge in [0.25, 0.3) is 0 Å². The summed E-state index contributed by atoms with van der Waals surface area (Å²) in [6, 6.07) is 5.68. The van der Waals surface area contributed by atoms with Crippen molar-refractivity contribution in [2.45, 2.75) is 27.3 Å². The van der Waals surface area contributed by atoms with Crippen LogP contribution in [-0.4, -0.2) is 4.98 Å². The maximum absolute atomic E-state index is 6.02. The van der Waals surface area contributed by atoms with E-state index in [-0.39, 0.29) is 0 Å². The second-order valence-corrected chi connectivity index (χ2v) is 5.04. The van der Waals surface area contributed by atoms with Gasteiger partial charge in [0.2, 0.25) is 0 Å². The first kappa shape index (κ1) is 13.8. The molecular weight excluding hydrogens is 260 g/mol. The van der Waals surface area contributed by atoms with E-state index in [0.717, 1.165) is 33.9 Å². The smallest absolute Gasteiger partial charge is 0.135 e. The van der Waals surface area contributed by atoms with Crippen LogP contribution >= 0.6 is 11.6 Å². The van der Waals surface area contributed by atoms with Crippen molar-refractivity contribution in [1.82, 2.24) is 4.98 Å². The molecule has 1 aromatic heterocycles. The predicted octanol–water partition coefficient (Wildman–Crippen LogP) is 3.91. The van der Waals surface area contributed by atoms with Gasteiger partial charge in [-0.05, 0) is 44.0 Å². The summed E-state index contributed by atoms with van der Waals surface area (Å²) in [4.78, 5) is 4.23. The van der Waals surface area contributed by atoms with Crippen molar-refractivity contribution < 1.29 is 4.74 Å². The van der Waals surface area contributed by atoms with Gasteiger partial charge in [-0.3, -0.25) is 4.98 Å². The molecule has 2 rings (SSSR count). The fraction of sp³-hybridized carbons (Fsp3) is 0.267. The lowest BCUT2D eigenvalue weighted by Crippen LogP contribution is -2.02. The van der Waals surface area contributed by atoms with Gasteiger partial charge in [-0.1, -0.05) is 11.6 Å². The van der Waals surface area contributed by atoms with Crippen LogP contribution in [0.15, 0.2) is 24.4 Å². The zero-order valence-electron chi connectivity index (χ0n) is 11.3. The van der Waals surface area contributed by atoms with E-state index in [2.05, 4.69) is 4.98 Å². The lowest BCUT2D eigenvalue weighted by molar-refractivity contribution is 0.467. The van der Waals surface area contributed by atoms with E-state index < -0.39 is 0 Å². The first-order valence-corrected chi connectivity index (χ1v) is 6.49. The molecule has 0 amide bonds. The van der Waals surface area contributed by atoms with Gasteiger partial charge in [0.1, 0.15) is 11.5 Å². The van der Waals surface area contributed by atoms with Gasteiger partial charge in [-0.25, -0.2) is 0 Å². The molecule has 0 radical (unpaired) electrons. The van der Waals surface area contributed by atoms with Crippen LogP contribution < -0.4 is 10.5 Å². The summed E-state index contributed by atoms with van der Waals surface area (Å²) < 4.78 is 6.02. The lowest BCUT2D eigenvalue weighted by atomic mass is 10.1. The Morgan fingerprint density at radius 3 is 2.37 bits per heavy atom. The summed E-state index contributed by atoms with van der Waals surface area (Å²) in [6.07, 6.45) is 1.76. The number of pyridine rings is 1. The summed E-state index contributed by atoms with van der Waals surface area (Å²) in [6.45, 7) is 6.28. The van der Waals surface area contributed by atoms with Gasteiger partial charge in [0, 0.05) is 35.1 Å². The zero-order chi connectivity index (χ0) is 14.0. The number of aryl methyl sites for hydroxylation is 3. The van der Waals surface area contributed by atoms with Gasteiger partial charge in [0.15, 0.2) is 0 Å². The number of ether oxygens (including phenoxy) is 1. The standard InChI is InChI=1S/C15H17ClN2O/c1-9-4-13(16)5-10(2)15(9)19-14-6-11(3)18-8-12(14)7-17/h4-6,8H,7,17H2,1-3H3. The fourth-order valence-electron chi connectivity index (χ4n) is 1.98. The highest BCUT2D eigenvalue weighted by Gasteiger charge is 2.10. The van der Waals surface area contributed by atoms with E-state index >= 15 is 0 Å². The Kier molecular flexibility index (Phi) is 4.08. The van der Waals surface area contributed by atoms with Crippen molar-refractivity contribution in [3.05, 3.63) is 51.8 Å². The third kappa shape index (κ3) is 3.06. The maximum Gasteiger partial charge on any atom is 0.135 e. The molecule has 1 aromatic carbocycles.